The number of hydrogen-bond acceptors (Lipinski definition) is 5. The van der Waals surface area contributed by atoms with Crippen molar-refractivity contribution in [1.82, 2.24) is 5.01 Å². The number of carbonyl (C=O) groups excluding carboxylic acids is 2. The molecule has 1 aliphatic heterocycles. The third kappa shape index (κ3) is 3.55. The summed E-state index contributed by atoms with van der Waals surface area (Å²) in [7, 11) is 1.58. The highest BCUT2D eigenvalue weighted by Crippen LogP contribution is 2.65. The molecule has 2 aromatic rings. The van der Waals surface area contributed by atoms with Crippen molar-refractivity contribution in [3.63, 3.8) is 0 Å². The zero-order valence-corrected chi connectivity index (χ0v) is 21.3. The molecule has 0 N–H and O–H groups in total. The first-order valence-electron chi connectivity index (χ1n) is 11.3. The first kappa shape index (κ1) is 22.1. The molecular weight excluding hydrogens is 567 g/mol. The van der Waals surface area contributed by atoms with Gasteiger partial charge in [-0.3, -0.25) is 9.59 Å². The molecule has 34 heavy (non-hydrogen) atoms. The SMILES string of the molecule is COc1cc(/C=N\N2C(=O)[C@@H]3[C@H]4C=C[C@@H]([C@@H]5C[C@@H]45)[C@H]3C2=O)cc(I)c1OCc1ccc(Cl)cc1. The third-order valence-corrected chi connectivity index (χ3v) is 8.56. The van der Waals surface area contributed by atoms with E-state index in [1.165, 1.54) is 0 Å². The Kier molecular flexibility index (Phi) is 5.44. The number of halogens is 2. The van der Waals surface area contributed by atoms with Gasteiger partial charge in [0.1, 0.15) is 6.61 Å². The number of ether oxygens (including phenoxy) is 2. The predicted molar refractivity (Wildman–Crippen MR) is 136 cm³/mol. The van der Waals surface area contributed by atoms with E-state index in [1.807, 2.05) is 30.3 Å². The van der Waals surface area contributed by atoms with Gasteiger partial charge in [0.05, 0.1) is 28.7 Å². The molecule has 7 rings (SSSR count). The summed E-state index contributed by atoms with van der Waals surface area (Å²) in [6, 6.07) is 11.2. The Labute approximate surface area is 216 Å². The van der Waals surface area contributed by atoms with Crippen LogP contribution in [0.3, 0.4) is 0 Å². The lowest BCUT2D eigenvalue weighted by Crippen LogP contribution is -2.40. The van der Waals surface area contributed by atoms with E-state index in [0.29, 0.717) is 35.0 Å². The zero-order valence-electron chi connectivity index (χ0n) is 18.4. The van der Waals surface area contributed by atoms with Crippen LogP contribution in [0.2, 0.25) is 5.02 Å². The standard InChI is InChI=1S/C26H22ClIN2O4/c1-33-21-9-14(8-20(28)24(21)34-12-13-2-4-15(27)5-3-13)11-29-30-25(31)22-16-6-7-17(19-10-18(16)19)23(22)26(30)32/h2-9,11,16-19,22-23H,10,12H2,1H3/b29-11-/t16-,17-,18-,19-,22+,23+/m0/s1. The van der Waals surface area contributed by atoms with Crippen molar-refractivity contribution in [2.24, 2.45) is 40.6 Å². The molecule has 4 aliphatic carbocycles. The molecule has 0 aromatic heterocycles. The summed E-state index contributed by atoms with van der Waals surface area (Å²) < 4.78 is 12.4. The molecule has 2 saturated carbocycles. The van der Waals surface area contributed by atoms with E-state index in [1.54, 1.807) is 19.4 Å². The van der Waals surface area contributed by atoms with Gasteiger partial charge in [-0.1, -0.05) is 35.9 Å². The minimum atomic E-state index is -0.248. The maximum Gasteiger partial charge on any atom is 0.254 e. The number of hydrazone groups is 1. The fourth-order valence-corrected chi connectivity index (χ4v) is 6.78. The maximum atomic E-state index is 13.1. The Morgan fingerprint density at radius 1 is 1.09 bits per heavy atom. The summed E-state index contributed by atoms with van der Waals surface area (Å²) in [6.07, 6.45) is 7.02. The lowest BCUT2D eigenvalue weighted by molar-refractivity contribution is -0.140. The average molecular weight is 589 g/mol. The van der Waals surface area contributed by atoms with E-state index in [2.05, 4.69) is 39.8 Å². The summed E-state index contributed by atoms with van der Waals surface area (Å²) in [4.78, 5) is 26.2. The summed E-state index contributed by atoms with van der Waals surface area (Å²) in [5.74, 6) is 1.87. The number of nitrogens with zero attached hydrogens (tertiary/aromatic N) is 2. The molecule has 2 aromatic carbocycles. The van der Waals surface area contributed by atoms with Gasteiger partial charge < -0.3 is 9.47 Å². The van der Waals surface area contributed by atoms with E-state index in [9.17, 15) is 9.59 Å². The van der Waals surface area contributed by atoms with Crippen LogP contribution >= 0.6 is 34.2 Å². The van der Waals surface area contributed by atoms with Crippen molar-refractivity contribution in [3.8, 4) is 11.5 Å². The van der Waals surface area contributed by atoms with Gasteiger partial charge in [0.15, 0.2) is 11.5 Å². The molecule has 8 heteroatoms. The molecule has 0 radical (unpaired) electrons. The number of imide groups is 1. The van der Waals surface area contributed by atoms with Gasteiger partial charge in [-0.2, -0.15) is 10.1 Å². The van der Waals surface area contributed by atoms with Crippen LogP contribution in [-0.4, -0.2) is 30.1 Å². The van der Waals surface area contributed by atoms with Gasteiger partial charge in [0.25, 0.3) is 11.8 Å². The number of methoxy groups -OCH3 is 1. The van der Waals surface area contributed by atoms with Crippen LogP contribution in [0, 0.1) is 39.1 Å². The van der Waals surface area contributed by atoms with E-state index in [-0.39, 0.29) is 35.5 Å². The monoisotopic (exact) mass is 588 g/mol. The van der Waals surface area contributed by atoms with Gasteiger partial charge >= 0.3 is 0 Å². The molecule has 0 unspecified atom stereocenters. The molecular formula is C26H22ClIN2O4. The largest absolute Gasteiger partial charge is 0.493 e. The third-order valence-electron chi connectivity index (χ3n) is 7.51. The summed E-state index contributed by atoms with van der Waals surface area (Å²) in [5, 5.41) is 6.10. The maximum absolute atomic E-state index is 13.1. The van der Waals surface area contributed by atoms with Crippen LogP contribution in [-0.2, 0) is 16.2 Å². The Morgan fingerprint density at radius 3 is 2.35 bits per heavy atom. The van der Waals surface area contributed by atoms with Gasteiger partial charge in [-0.25, -0.2) is 0 Å². The first-order valence-corrected chi connectivity index (χ1v) is 12.8. The molecule has 1 saturated heterocycles. The average Bonchev–Trinajstić information content (AvgIpc) is 3.62. The molecule has 0 spiro atoms. The fourth-order valence-electron chi connectivity index (χ4n) is 5.87. The summed E-state index contributed by atoms with van der Waals surface area (Å²) >= 11 is 8.14. The fraction of sp³-hybridized carbons (Fsp3) is 0.346. The molecule has 6 nitrogen and oxygen atoms in total. The number of allylic oxidation sites excluding steroid dienone is 2. The minimum Gasteiger partial charge on any atom is -0.493 e. The Balaban J connectivity index is 1.20. The second-order valence-corrected chi connectivity index (χ2v) is 10.9. The van der Waals surface area contributed by atoms with E-state index in [0.717, 1.165) is 26.1 Å². The molecule has 3 fully saturated rings. The van der Waals surface area contributed by atoms with Crippen LogP contribution in [0.5, 0.6) is 11.5 Å². The van der Waals surface area contributed by atoms with E-state index in [4.69, 9.17) is 21.1 Å². The quantitative estimate of drug-likeness (QED) is 0.208. The van der Waals surface area contributed by atoms with Crippen molar-refractivity contribution in [2.75, 3.05) is 7.11 Å². The van der Waals surface area contributed by atoms with Crippen molar-refractivity contribution in [1.29, 1.82) is 0 Å². The normalized spacial score (nSPS) is 30.6. The smallest absolute Gasteiger partial charge is 0.254 e. The topological polar surface area (TPSA) is 68.2 Å². The first-order chi connectivity index (χ1) is 16.5. The Hall–Kier alpha value is -2.39. The summed E-state index contributed by atoms with van der Waals surface area (Å²) in [5.41, 5.74) is 1.71. The molecule has 6 atom stereocenters. The van der Waals surface area contributed by atoms with Crippen molar-refractivity contribution >= 4 is 52.2 Å². The van der Waals surface area contributed by atoms with Gasteiger partial charge in [0, 0.05) is 5.02 Å². The van der Waals surface area contributed by atoms with Crippen LogP contribution < -0.4 is 9.47 Å². The Bertz CT molecular complexity index is 1210. The summed E-state index contributed by atoms with van der Waals surface area (Å²) in [6.45, 7) is 0.370. The molecule has 2 bridgehead atoms. The number of carbonyl (C=O) groups is 2. The zero-order chi connectivity index (χ0) is 23.6. The van der Waals surface area contributed by atoms with Gasteiger partial charge in [-0.05, 0) is 88.1 Å². The second kappa shape index (κ2) is 8.37. The highest BCUT2D eigenvalue weighted by molar-refractivity contribution is 14.1. The molecule has 2 amide bonds. The van der Waals surface area contributed by atoms with Crippen LogP contribution in [0.15, 0.2) is 53.7 Å². The van der Waals surface area contributed by atoms with E-state index < -0.39 is 0 Å². The van der Waals surface area contributed by atoms with E-state index >= 15 is 0 Å². The van der Waals surface area contributed by atoms with Gasteiger partial charge in [0.2, 0.25) is 0 Å². The lowest BCUT2D eigenvalue weighted by atomic mass is 9.63. The molecule has 174 valence electrons. The number of hydrogen-bond donors (Lipinski definition) is 0. The van der Waals surface area contributed by atoms with Crippen molar-refractivity contribution in [3.05, 3.63) is 68.3 Å². The van der Waals surface area contributed by atoms with Gasteiger partial charge in [-0.15, -0.1) is 0 Å². The van der Waals surface area contributed by atoms with Crippen LogP contribution in [0.1, 0.15) is 17.5 Å². The number of rotatable bonds is 6. The molecule has 5 aliphatic rings. The molecule has 1 heterocycles. The highest BCUT2D eigenvalue weighted by Gasteiger charge is 2.67. The minimum absolute atomic E-state index is 0.166. The highest BCUT2D eigenvalue weighted by atomic mass is 127. The Morgan fingerprint density at radius 2 is 1.74 bits per heavy atom. The van der Waals surface area contributed by atoms with Crippen LogP contribution in [0.25, 0.3) is 0 Å². The lowest BCUT2D eigenvalue weighted by Gasteiger charge is -2.37. The number of amides is 2. The van der Waals surface area contributed by atoms with Crippen molar-refractivity contribution in [2.45, 2.75) is 13.0 Å². The second-order valence-electron chi connectivity index (χ2n) is 9.34. The predicted octanol–water partition coefficient (Wildman–Crippen LogP) is 4.92. The van der Waals surface area contributed by atoms with Crippen molar-refractivity contribution < 1.29 is 19.1 Å². The van der Waals surface area contributed by atoms with Crippen LogP contribution in [0.4, 0.5) is 0 Å². The number of benzene rings is 2.